The Kier molecular flexibility index (Phi) is 3.31. The van der Waals surface area contributed by atoms with Crippen LogP contribution in [0.15, 0.2) is 60.8 Å². The quantitative estimate of drug-likeness (QED) is 0.709. The molecule has 2 aromatic carbocycles. The van der Waals surface area contributed by atoms with Crippen LogP contribution in [0.25, 0.3) is 11.8 Å². The fourth-order valence-electron chi connectivity index (χ4n) is 3.88. The number of pyridine rings is 1. The molecule has 1 aromatic heterocycles. The predicted molar refractivity (Wildman–Crippen MR) is 107 cm³/mol. The summed E-state index contributed by atoms with van der Waals surface area (Å²) < 4.78 is 0. The Balaban J connectivity index is 1.76. The van der Waals surface area contributed by atoms with Crippen molar-refractivity contribution in [3.8, 4) is 0 Å². The van der Waals surface area contributed by atoms with Crippen molar-refractivity contribution in [2.24, 2.45) is 0 Å². The maximum absolute atomic E-state index is 12.7. The van der Waals surface area contributed by atoms with E-state index in [9.17, 15) is 4.79 Å². The van der Waals surface area contributed by atoms with Gasteiger partial charge in [0, 0.05) is 36.6 Å². The van der Waals surface area contributed by atoms with Crippen molar-refractivity contribution in [2.45, 2.75) is 6.54 Å². The number of amides is 1. The smallest absolute Gasteiger partial charge is 0.258 e. The summed E-state index contributed by atoms with van der Waals surface area (Å²) in [5, 5.41) is 0. The Labute approximate surface area is 157 Å². The third-order valence-electron chi connectivity index (χ3n) is 5.14. The highest BCUT2D eigenvalue weighted by molar-refractivity contribution is 6.15. The van der Waals surface area contributed by atoms with E-state index >= 15 is 0 Å². The topological polar surface area (TPSA) is 62.5 Å². The molecule has 3 aromatic rings. The zero-order valence-corrected chi connectivity index (χ0v) is 14.9. The number of nitrogens with zero attached hydrogens (tertiary/aromatic N) is 3. The lowest BCUT2D eigenvalue weighted by Gasteiger charge is -2.26. The van der Waals surface area contributed by atoms with Crippen LogP contribution in [0, 0.1) is 0 Å². The molecule has 5 rings (SSSR count). The van der Waals surface area contributed by atoms with Gasteiger partial charge in [-0.3, -0.25) is 4.79 Å². The highest BCUT2D eigenvalue weighted by atomic mass is 16.2. The summed E-state index contributed by atoms with van der Waals surface area (Å²) in [4.78, 5) is 21.3. The van der Waals surface area contributed by atoms with Gasteiger partial charge < -0.3 is 15.5 Å². The fraction of sp³-hybridized carbons (Fsp3) is 0.0909. The third-order valence-corrected chi connectivity index (χ3v) is 5.14. The maximum Gasteiger partial charge on any atom is 0.258 e. The molecule has 0 radical (unpaired) electrons. The third kappa shape index (κ3) is 2.32. The van der Waals surface area contributed by atoms with Crippen LogP contribution < -0.4 is 10.6 Å². The summed E-state index contributed by atoms with van der Waals surface area (Å²) in [6, 6.07) is 17.7. The second kappa shape index (κ2) is 5.71. The molecule has 0 aliphatic carbocycles. The minimum Gasteiger partial charge on any atom is -0.399 e. The molecule has 1 amide bonds. The average molecular weight is 354 g/mol. The molecular weight excluding hydrogens is 336 g/mol. The molecule has 5 nitrogen and oxygen atoms in total. The van der Waals surface area contributed by atoms with Gasteiger partial charge in [-0.25, -0.2) is 4.98 Å². The van der Waals surface area contributed by atoms with Crippen LogP contribution in [0.5, 0.6) is 0 Å². The molecule has 2 aliphatic rings. The first-order valence-corrected chi connectivity index (χ1v) is 8.83. The van der Waals surface area contributed by atoms with Gasteiger partial charge in [-0.2, -0.15) is 0 Å². The minimum atomic E-state index is 0.0225. The van der Waals surface area contributed by atoms with Crippen LogP contribution in [-0.4, -0.2) is 22.8 Å². The van der Waals surface area contributed by atoms with Gasteiger partial charge >= 0.3 is 0 Å². The van der Waals surface area contributed by atoms with Crippen LogP contribution in [0.3, 0.4) is 0 Å². The average Bonchev–Trinajstić information content (AvgIpc) is 2.84. The van der Waals surface area contributed by atoms with Gasteiger partial charge in [0.05, 0.1) is 16.9 Å². The molecule has 0 bridgehead atoms. The van der Waals surface area contributed by atoms with Crippen molar-refractivity contribution in [1.82, 2.24) is 9.88 Å². The van der Waals surface area contributed by atoms with E-state index in [0.29, 0.717) is 6.54 Å². The molecule has 5 heteroatoms. The zero-order chi connectivity index (χ0) is 18.5. The minimum absolute atomic E-state index is 0.0225. The highest BCUT2D eigenvalue weighted by Gasteiger charge is 2.35. The maximum atomic E-state index is 12.7. The van der Waals surface area contributed by atoms with Crippen molar-refractivity contribution < 1.29 is 4.79 Å². The standard InChI is InChI=1S/C22H18N4O/c1-25-19-12-15-6-4-10-24-21(15)26(13-14-5-2-7-16(23)11-14)18-9-3-8-17(20(18)19)22(25)27/h2-12H,13,23H2,1H3. The Hall–Kier alpha value is -3.60. The molecule has 0 fully saturated rings. The summed E-state index contributed by atoms with van der Waals surface area (Å²) in [5.74, 6) is 0.894. The summed E-state index contributed by atoms with van der Waals surface area (Å²) >= 11 is 0. The van der Waals surface area contributed by atoms with Crippen molar-refractivity contribution >= 4 is 34.9 Å². The second-order valence-electron chi connectivity index (χ2n) is 6.84. The number of aromatic nitrogens is 1. The van der Waals surface area contributed by atoms with E-state index in [1.54, 1.807) is 11.1 Å². The molecule has 132 valence electrons. The monoisotopic (exact) mass is 354 g/mol. The van der Waals surface area contributed by atoms with Gasteiger partial charge in [-0.05, 0) is 48.0 Å². The van der Waals surface area contributed by atoms with Crippen LogP contribution in [0.2, 0.25) is 0 Å². The number of anilines is 3. The molecule has 2 N–H and O–H groups in total. The molecule has 0 atom stereocenters. The van der Waals surface area contributed by atoms with Gasteiger partial charge in [0.1, 0.15) is 5.82 Å². The molecule has 0 saturated carbocycles. The molecule has 0 spiro atoms. The number of carbonyl (C=O) groups is 1. The SMILES string of the molecule is CN1C(=O)c2cccc3c2C1=Cc1cccnc1N3Cc1cccc(N)c1. The van der Waals surface area contributed by atoms with Crippen molar-refractivity contribution in [3.05, 3.63) is 83.0 Å². The molecule has 3 heterocycles. The Morgan fingerprint density at radius 3 is 2.78 bits per heavy atom. The lowest BCUT2D eigenvalue weighted by atomic mass is 10.0. The second-order valence-corrected chi connectivity index (χ2v) is 6.84. The van der Waals surface area contributed by atoms with Gasteiger partial charge in [-0.15, -0.1) is 0 Å². The van der Waals surface area contributed by atoms with Crippen molar-refractivity contribution in [1.29, 1.82) is 0 Å². The first-order valence-electron chi connectivity index (χ1n) is 8.83. The van der Waals surface area contributed by atoms with Gasteiger partial charge in [-0.1, -0.05) is 18.2 Å². The van der Waals surface area contributed by atoms with Crippen LogP contribution >= 0.6 is 0 Å². The number of rotatable bonds is 2. The van der Waals surface area contributed by atoms with E-state index in [4.69, 9.17) is 5.73 Å². The number of nitrogens with two attached hydrogens (primary N) is 1. The van der Waals surface area contributed by atoms with Gasteiger partial charge in [0.15, 0.2) is 0 Å². The predicted octanol–water partition coefficient (Wildman–Crippen LogP) is 3.90. The van der Waals surface area contributed by atoms with Crippen molar-refractivity contribution in [2.75, 3.05) is 17.7 Å². The lowest BCUT2D eigenvalue weighted by molar-refractivity contribution is 0.0875. The Morgan fingerprint density at radius 1 is 1.07 bits per heavy atom. The van der Waals surface area contributed by atoms with E-state index in [-0.39, 0.29) is 5.91 Å². The molecular formula is C22H18N4O. The first kappa shape index (κ1) is 15.6. The van der Waals surface area contributed by atoms with Crippen molar-refractivity contribution in [3.63, 3.8) is 0 Å². The van der Waals surface area contributed by atoms with E-state index in [0.717, 1.165) is 45.1 Å². The van der Waals surface area contributed by atoms with E-state index in [1.807, 2.05) is 49.5 Å². The normalized spacial score (nSPS) is 14.6. The van der Waals surface area contributed by atoms with Gasteiger partial charge in [0.2, 0.25) is 0 Å². The number of benzene rings is 2. The van der Waals surface area contributed by atoms with E-state index in [2.05, 4.69) is 28.1 Å². The number of hydrogen-bond donors (Lipinski definition) is 1. The molecule has 27 heavy (non-hydrogen) atoms. The number of nitrogen functional groups attached to an aromatic ring is 1. The van der Waals surface area contributed by atoms with E-state index in [1.165, 1.54) is 0 Å². The van der Waals surface area contributed by atoms with Gasteiger partial charge in [0.25, 0.3) is 5.91 Å². The summed E-state index contributed by atoms with van der Waals surface area (Å²) in [7, 11) is 1.82. The highest BCUT2D eigenvalue weighted by Crippen LogP contribution is 2.45. The zero-order valence-electron chi connectivity index (χ0n) is 14.9. The fourth-order valence-corrected chi connectivity index (χ4v) is 3.88. The first-order chi connectivity index (χ1) is 13.1. The van der Waals surface area contributed by atoms with Crippen LogP contribution in [0.1, 0.15) is 27.0 Å². The Bertz CT molecular complexity index is 1120. The number of carbonyl (C=O) groups excluding carboxylic acids is 1. The molecule has 0 saturated heterocycles. The number of hydrogen-bond acceptors (Lipinski definition) is 4. The molecule has 0 unspecified atom stereocenters. The van der Waals surface area contributed by atoms with Crippen LogP contribution in [0.4, 0.5) is 17.2 Å². The molecule has 2 aliphatic heterocycles. The van der Waals surface area contributed by atoms with Crippen LogP contribution in [-0.2, 0) is 6.54 Å². The summed E-state index contributed by atoms with van der Waals surface area (Å²) in [6.07, 6.45) is 3.85. The summed E-state index contributed by atoms with van der Waals surface area (Å²) in [5.41, 5.74) is 12.4. The summed E-state index contributed by atoms with van der Waals surface area (Å²) in [6.45, 7) is 0.616. The van der Waals surface area contributed by atoms with E-state index < -0.39 is 0 Å². The number of fused-ring (bicyclic) bond motifs is 1. The largest absolute Gasteiger partial charge is 0.399 e. The lowest BCUT2D eigenvalue weighted by Crippen LogP contribution is -2.19. The Morgan fingerprint density at radius 2 is 1.93 bits per heavy atom.